The van der Waals surface area contributed by atoms with Gasteiger partial charge in [0, 0.05) is 18.7 Å². The molecule has 0 amide bonds. The lowest BCUT2D eigenvalue weighted by atomic mass is 10.1. The molecule has 0 fully saturated rings. The van der Waals surface area contributed by atoms with E-state index in [1.807, 2.05) is 36.4 Å². The van der Waals surface area contributed by atoms with Crippen LogP contribution in [0.2, 0.25) is 0 Å². The van der Waals surface area contributed by atoms with Crippen LogP contribution >= 0.6 is 0 Å². The third-order valence-electron chi connectivity index (χ3n) is 3.77. The Kier molecular flexibility index (Phi) is 4.24. The van der Waals surface area contributed by atoms with Crippen LogP contribution in [0.5, 0.6) is 0 Å². The van der Waals surface area contributed by atoms with E-state index >= 15 is 0 Å². The van der Waals surface area contributed by atoms with Crippen LogP contribution in [-0.2, 0) is 13.0 Å². The minimum Gasteiger partial charge on any atom is -0.477 e. The van der Waals surface area contributed by atoms with Crippen molar-refractivity contribution in [3.63, 3.8) is 0 Å². The first-order chi connectivity index (χ1) is 11.1. The summed E-state index contributed by atoms with van der Waals surface area (Å²) in [6.07, 6.45) is 0.648. The van der Waals surface area contributed by atoms with Crippen molar-refractivity contribution in [2.24, 2.45) is 0 Å². The molecular weight excluding hydrogens is 293 g/mol. The van der Waals surface area contributed by atoms with E-state index in [0.29, 0.717) is 13.0 Å². The molecule has 0 aliphatic heterocycles. The summed E-state index contributed by atoms with van der Waals surface area (Å²) in [7, 11) is 0. The molecule has 0 radical (unpaired) electrons. The van der Waals surface area contributed by atoms with Crippen molar-refractivity contribution in [1.29, 1.82) is 0 Å². The molecule has 116 valence electrons. The molecule has 0 atom stereocenters. The monoisotopic (exact) mass is 309 g/mol. The molecule has 1 heterocycles. The second-order valence-corrected chi connectivity index (χ2v) is 5.39. The zero-order valence-electron chi connectivity index (χ0n) is 12.4. The molecule has 0 aliphatic carbocycles. The predicted molar refractivity (Wildman–Crippen MR) is 86.1 cm³/mol. The number of halogens is 1. The van der Waals surface area contributed by atoms with E-state index in [4.69, 9.17) is 0 Å². The lowest BCUT2D eigenvalue weighted by molar-refractivity contribution is 0.0685. The summed E-state index contributed by atoms with van der Waals surface area (Å²) in [4.78, 5) is 11.5. The topological polar surface area (TPSA) is 42.2 Å². The Balaban J connectivity index is 1.94. The van der Waals surface area contributed by atoms with Crippen LogP contribution in [0.25, 0.3) is 0 Å². The Bertz CT molecular complexity index is 807. The lowest BCUT2D eigenvalue weighted by Gasteiger charge is -2.12. The molecule has 0 aliphatic rings. The average Bonchev–Trinajstić information content (AvgIpc) is 2.93. The molecule has 3 aromatic rings. The highest BCUT2D eigenvalue weighted by molar-refractivity contribution is 5.86. The number of aromatic carboxylic acids is 1. The van der Waals surface area contributed by atoms with Gasteiger partial charge in [0.15, 0.2) is 0 Å². The fourth-order valence-corrected chi connectivity index (χ4v) is 2.61. The van der Waals surface area contributed by atoms with Crippen molar-refractivity contribution >= 4 is 5.97 Å². The van der Waals surface area contributed by atoms with Crippen LogP contribution in [-0.4, -0.2) is 15.6 Å². The van der Waals surface area contributed by atoms with E-state index < -0.39 is 5.97 Å². The van der Waals surface area contributed by atoms with Crippen LogP contribution in [0, 0.1) is 5.82 Å². The minimum absolute atomic E-state index is 0.236. The van der Waals surface area contributed by atoms with Crippen molar-refractivity contribution < 1.29 is 14.3 Å². The molecule has 1 N–H and O–H groups in total. The van der Waals surface area contributed by atoms with Gasteiger partial charge in [0.2, 0.25) is 0 Å². The Labute approximate surface area is 133 Å². The molecule has 4 heteroatoms. The van der Waals surface area contributed by atoms with Gasteiger partial charge in [-0.25, -0.2) is 9.18 Å². The van der Waals surface area contributed by atoms with Gasteiger partial charge in [0.25, 0.3) is 0 Å². The van der Waals surface area contributed by atoms with Gasteiger partial charge in [-0.3, -0.25) is 0 Å². The zero-order chi connectivity index (χ0) is 16.2. The van der Waals surface area contributed by atoms with Crippen LogP contribution in [0.1, 0.15) is 27.3 Å². The first-order valence-corrected chi connectivity index (χ1v) is 7.33. The summed E-state index contributed by atoms with van der Waals surface area (Å²) in [6, 6.07) is 19.5. The fourth-order valence-electron chi connectivity index (χ4n) is 2.61. The van der Waals surface area contributed by atoms with Crippen molar-refractivity contribution in [2.75, 3.05) is 0 Å². The highest BCUT2D eigenvalue weighted by Gasteiger charge is 2.14. The van der Waals surface area contributed by atoms with Gasteiger partial charge in [-0.1, -0.05) is 42.5 Å². The number of aromatic nitrogens is 1. The first-order valence-electron chi connectivity index (χ1n) is 7.33. The highest BCUT2D eigenvalue weighted by Crippen LogP contribution is 2.17. The number of benzene rings is 2. The Morgan fingerprint density at radius 1 is 0.913 bits per heavy atom. The number of carboxylic acids is 1. The van der Waals surface area contributed by atoms with E-state index in [0.717, 1.165) is 16.8 Å². The van der Waals surface area contributed by atoms with Gasteiger partial charge in [0.05, 0.1) is 0 Å². The number of nitrogens with zero attached hydrogens (tertiary/aromatic N) is 1. The SMILES string of the molecule is O=C(O)c1ccc(Cc2ccccc2)n1Cc1ccc(F)cc1. The second kappa shape index (κ2) is 6.48. The van der Waals surface area contributed by atoms with Crippen molar-refractivity contribution in [3.05, 3.63) is 95.1 Å². The van der Waals surface area contributed by atoms with E-state index in [1.165, 1.54) is 12.1 Å². The van der Waals surface area contributed by atoms with Gasteiger partial charge in [0.1, 0.15) is 11.5 Å². The predicted octanol–water partition coefficient (Wildman–Crippen LogP) is 3.96. The molecule has 0 saturated carbocycles. The Morgan fingerprint density at radius 3 is 2.26 bits per heavy atom. The maximum atomic E-state index is 13.0. The number of hydrogen-bond acceptors (Lipinski definition) is 1. The normalized spacial score (nSPS) is 10.7. The van der Waals surface area contributed by atoms with Crippen molar-refractivity contribution in [2.45, 2.75) is 13.0 Å². The summed E-state index contributed by atoms with van der Waals surface area (Å²) >= 11 is 0. The van der Waals surface area contributed by atoms with Crippen molar-refractivity contribution in [1.82, 2.24) is 4.57 Å². The standard InChI is InChI=1S/C19H16FNO2/c20-16-8-6-15(7-9-16)13-21-17(10-11-18(21)19(22)23)12-14-4-2-1-3-5-14/h1-11H,12-13H2,(H,22,23). The third-order valence-corrected chi connectivity index (χ3v) is 3.77. The van der Waals surface area contributed by atoms with Crippen molar-refractivity contribution in [3.8, 4) is 0 Å². The number of carbonyl (C=O) groups is 1. The first kappa shape index (κ1) is 15.0. The van der Waals surface area contributed by atoms with E-state index in [-0.39, 0.29) is 11.5 Å². The molecule has 0 bridgehead atoms. The van der Waals surface area contributed by atoms with Gasteiger partial charge < -0.3 is 9.67 Å². The summed E-state index contributed by atoms with van der Waals surface area (Å²) in [5.41, 5.74) is 3.13. The maximum Gasteiger partial charge on any atom is 0.352 e. The molecule has 2 aromatic carbocycles. The van der Waals surface area contributed by atoms with Gasteiger partial charge >= 0.3 is 5.97 Å². The second-order valence-electron chi connectivity index (χ2n) is 5.39. The van der Waals surface area contributed by atoms with Gasteiger partial charge in [-0.2, -0.15) is 0 Å². The number of rotatable bonds is 5. The Hall–Kier alpha value is -2.88. The van der Waals surface area contributed by atoms with Crippen LogP contribution in [0.4, 0.5) is 4.39 Å². The summed E-state index contributed by atoms with van der Waals surface area (Å²) < 4.78 is 14.8. The molecule has 1 aromatic heterocycles. The average molecular weight is 309 g/mol. The molecular formula is C19H16FNO2. The maximum absolute atomic E-state index is 13.0. The van der Waals surface area contributed by atoms with E-state index in [1.54, 1.807) is 22.8 Å². The van der Waals surface area contributed by atoms with Crippen LogP contribution in [0.3, 0.4) is 0 Å². The lowest BCUT2D eigenvalue weighted by Crippen LogP contribution is -2.12. The molecule has 3 rings (SSSR count). The van der Waals surface area contributed by atoms with Gasteiger partial charge in [-0.05, 0) is 35.4 Å². The summed E-state index contributed by atoms with van der Waals surface area (Å²) in [5.74, 6) is -1.27. The largest absolute Gasteiger partial charge is 0.477 e. The molecule has 0 spiro atoms. The highest BCUT2D eigenvalue weighted by atomic mass is 19.1. The van der Waals surface area contributed by atoms with E-state index in [9.17, 15) is 14.3 Å². The molecule has 0 saturated heterocycles. The number of hydrogen-bond donors (Lipinski definition) is 1. The smallest absolute Gasteiger partial charge is 0.352 e. The van der Waals surface area contributed by atoms with E-state index in [2.05, 4.69) is 0 Å². The fraction of sp³-hybridized carbons (Fsp3) is 0.105. The molecule has 23 heavy (non-hydrogen) atoms. The number of carboxylic acid groups (broad SMARTS) is 1. The van der Waals surface area contributed by atoms with Gasteiger partial charge in [-0.15, -0.1) is 0 Å². The minimum atomic E-state index is -0.966. The molecule has 3 nitrogen and oxygen atoms in total. The quantitative estimate of drug-likeness (QED) is 0.775. The zero-order valence-corrected chi connectivity index (χ0v) is 12.4. The van der Waals surface area contributed by atoms with Crippen LogP contribution < -0.4 is 0 Å². The summed E-state index contributed by atoms with van der Waals surface area (Å²) in [5, 5.41) is 9.39. The van der Waals surface area contributed by atoms with Crippen LogP contribution in [0.15, 0.2) is 66.7 Å². The Morgan fingerprint density at radius 2 is 1.61 bits per heavy atom. The summed E-state index contributed by atoms with van der Waals surface area (Å²) in [6.45, 7) is 0.400. The third kappa shape index (κ3) is 3.48. The molecule has 0 unspecified atom stereocenters.